The number of aromatic nitrogens is 2. The molecule has 0 radical (unpaired) electrons. The minimum absolute atomic E-state index is 0.186. The SMILES string of the molecule is COc1cccc(CNC(=O)c2c(O)nc3c(C)cccn3c2=O)c1. The van der Waals surface area contributed by atoms with E-state index >= 15 is 0 Å². The smallest absolute Gasteiger partial charge is 0.274 e. The predicted molar refractivity (Wildman–Crippen MR) is 92.0 cm³/mol. The molecule has 3 rings (SSSR count). The van der Waals surface area contributed by atoms with Gasteiger partial charge in [0.1, 0.15) is 11.4 Å². The average Bonchev–Trinajstić information content (AvgIpc) is 2.61. The van der Waals surface area contributed by atoms with Crippen molar-refractivity contribution in [1.82, 2.24) is 14.7 Å². The Morgan fingerprint density at radius 1 is 1.32 bits per heavy atom. The molecule has 1 amide bonds. The summed E-state index contributed by atoms with van der Waals surface area (Å²) >= 11 is 0. The minimum atomic E-state index is -0.686. The van der Waals surface area contributed by atoms with Gasteiger partial charge in [0.05, 0.1) is 7.11 Å². The molecule has 0 saturated heterocycles. The highest BCUT2D eigenvalue weighted by Gasteiger charge is 2.20. The van der Waals surface area contributed by atoms with Gasteiger partial charge in [0.2, 0.25) is 5.88 Å². The Bertz CT molecular complexity index is 1010. The highest BCUT2D eigenvalue weighted by molar-refractivity contribution is 5.96. The number of pyridine rings is 1. The first-order chi connectivity index (χ1) is 12.0. The van der Waals surface area contributed by atoms with Crippen LogP contribution < -0.4 is 15.6 Å². The number of rotatable bonds is 4. The number of aromatic hydroxyl groups is 1. The molecule has 2 heterocycles. The first-order valence-corrected chi connectivity index (χ1v) is 7.63. The van der Waals surface area contributed by atoms with Crippen LogP contribution in [0, 0.1) is 6.92 Å². The second kappa shape index (κ2) is 6.64. The van der Waals surface area contributed by atoms with Crippen molar-refractivity contribution < 1.29 is 14.6 Å². The number of fused-ring (bicyclic) bond motifs is 1. The number of carbonyl (C=O) groups is 1. The number of amides is 1. The molecule has 0 saturated carbocycles. The van der Waals surface area contributed by atoms with Crippen LogP contribution in [0.4, 0.5) is 0 Å². The van der Waals surface area contributed by atoms with Crippen molar-refractivity contribution in [1.29, 1.82) is 0 Å². The summed E-state index contributed by atoms with van der Waals surface area (Å²) in [5, 5.41) is 12.7. The monoisotopic (exact) mass is 339 g/mol. The molecule has 1 aromatic carbocycles. The van der Waals surface area contributed by atoms with Gasteiger partial charge in [0, 0.05) is 12.7 Å². The third kappa shape index (κ3) is 3.16. The van der Waals surface area contributed by atoms with Crippen LogP contribution in [-0.4, -0.2) is 27.5 Å². The van der Waals surface area contributed by atoms with Crippen LogP contribution in [0.15, 0.2) is 47.4 Å². The van der Waals surface area contributed by atoms with Crippen molar-refractivity contribution in [2.45, 2.75) is 13.5 Å². The Balaban J connectivity index is 1.91. The zero-order valence-electron chi connectivity index (χ0n) is 13.8. The molecule has 0 bridgehead atoms. The Hall–Kier alpha value is -3.35. The number of nitrogens with zero attached hydrogens (tertiary/aromatic N) is 2. The molecule has 128 valence electrons. The second-order valence-electron chi connectivity index (χ2n) is 5.53. The fourth-order valence-electron chi connectivity index (χ4n) is 2.54. The van der Waals surface area contributed by atoms with Crippen molar-refractivity contribution >= 4 is 11.6 Å². The number of hydrogen-bond acceptors (Lipinski definition) is 5. The van der Waals surface area contributed by atoms with Gasteiger partial charge in [-0.15, -0.1) is 0 Å². The lowest BCUT2D eigenvalue weighted by molar-refractivity contribution is 0.0945. The number of hydrogen-bond donors (Lipinski definition) is 2. The molecule has 0 unspecified atom stereocenters. The van der Waals surface area contributed by atoms with Crippen LogP contribution in [0.1, 0.15) is 21.5 Å². The summed E-state index contributed by atoms with van der Waals surface area (Å²) in [5.41, 5.74) is 0.838. The van der Waals surface area contributed by atoms with Gasteiger partial charge in [-0.3, -0.25) is 14.0 Å². The number of benzene rings is 1. The summed E-state index contributed by atoms with van der Waals surface area (Å²) in [5.74, 6) is -0.603. The zero-order valence-corrected chi connectivity index (χ0v) is 13.8. The maximum atomic E-state index is 12.5. The number of carbonyl (C=O) groups excluding carboxylic acids is 1. The van der Waals surface area contributed by atoms with E-state index in [-0.39, 0.29) is 12.1 Å². The summed E-state index contributed by atoms with van der Waals surface area (Å²) < 4.78 is 6.37. The topological polar surface area (TPSA) is 92.9 Å². The molecular formula is C18H17N3O4. The van der Waals surface area contributed by atoms with E-state index in [9.17, 15) is 14.7 Å². The van der Waals surface area contributed by atoms with E-state index in [0.29, 0.717) is 11.4 Å². The molecule has 0 spiro atoms. The molecular weight excluding hydrogens is 322 g/mol. The minimum Gasteiger partial charge on any atom is -0.497 e. The first kappa shape index (κ1) is 16.5. The van der Waals surface area contributed by atoms with E-state index in [4.69, 9.17) is 4.74 Å². The lowest BCUT2D eigenvalue weighted by atomic mass is 10.2. The zero-order chi connectivity index (χ0) is 18.0. The highest BCUT2D eigenvalue weighted by atomic mass is 16.5. The maximum absolute atomic E-state index is 12.5. The molecule has 3 aromatic rings. The molecule has 0 aliphatic carbocycles. The normalized spacial score (nSPS) is 10.6. The van der Waals surface area contributed by atoms with E-state index in [0.717, 1.165) is 11.1 Å². The van der Waals surface area contributed by atoms with E-state index in [1.165, 1.54) is 10.6 Å². The van der Waals surface area contributed by atoms with E-state index in [1.807, 2.05) is 6.07 Å². The van der Waals surface area contributed by atoms with E-state index in [2.05, 4.69) is 10.3 Å². The molecule has 2 N–H and O–H groups in total. The van der Waals surface area contributed by atoms with Crippen LogP contribution in [-0.2, 0) is 6.54 Å². The second-order valence-corrected chi connectivity index (χ2v) is 5.53. The highest BCUT2D eigenvalue weighted by Crippen LogP contribution is 2.15. The summed E-state index contributed by atoms with van der Waals surface area (Å²) in [6.45, 7) is 1.95. The molecule has 0 aliphatic heterocycles. The Kier molecular flexibility index (Phi) is 4.38. The summed E-state index contributed by atoms with van der Waals surface area (Å²) in [4.78, 5) is 28.9. The van der Waals surface area contributed by atoms with Gasteiger partial charge in [0.25, 0.3) is 11.5 Å². The van der Waals surface area contributed by atoms with Gasteiger partial charge in [0.15, 0.2) is 5.56 Å². The van der Waals surface area contributed by atoms with Crippen molar-refractivity contribution in [2.75, 3.05) is 7.11 Å². The lowest BCUT2D eigenvalue weighted by Crippen LogP contribution is -2.31. The van der Waals surface area contributed by atoms with Crippen molar-refractivity contribution in [3.63, 3.8) is 0 Å². The summed E-state index contributed by atoms with van der Waals surface area (Å²) in [7, 11) is 1.55. The fourth-order valence-corrected chi connectivity index (χ4v) is 2.54. The molecule has 7 nitrogen and oxygen atoms in total. The maximum Gasteiger partial charge on any atom is 0.274 e. The summed E-state index contributed by atoms with van der Waals surface area (Å²) in [6, 6.07) is 10.6. The number of ether oxygens (including phenoxy) is 1. The van der Waals surface area contributed by atoms with Crippen LogP contribution in [0.2, 0.25) is 0 Å². The molecule has 7 heteroatoms. The summed E-state index contributed by atoms with van der Waals surface area (Å²) in [6.07, 6.45) is 1.51. The fraction of sp³-hybridized carbons (Fsp3) is 0.167. The van der Waals surface area contributed by atoms with Gasteiger partial charge in [-0.1, -0.05) is 18.2 Å². The van der Waals surface area contributed by atoms with Crippen LogP contribution in [0.25, 0.3) is 5.65 Å². The molecule has 0 atom stereocenters. The first-order valence-electron chi connectivity index (χ1n) is 7.63. The van der Waals surface area contributed by atoms with Crippen LogP contribution >= 0.6 is 0 Å². The Morgan fingerprint density at radius 3 is 2.88 bits per heavy atom. The van der Waals surface area contributed by atoms with E-state index in [1.54, 1.807) is 44.4 Å². The largest absolute Gasteiger partial charge is 0.497 e. The van der Waals surface area contributed by atoms with Crippen LogP contribution in [0.3, 0.4) is 0 Å². The molecule has 0 aliphatic rings. The van der Waals surface area contributed by atoms with Crippen molar-refractivity contribution in [2.24, 2.45) is 0 Å². The lowest BCUT2D eigenvalue weighted by Gasteiger charge is -2.09. The Morgan fingerprint density at radius 2 is 2.12 bits per heavy atom. The van der Waals surface area contributed by atoms with E-state index < -0.39 is 17.3 Å². The Labute approximate surface area is 143 Å². The standard InChI is InChI=1S/C18H17N3O4/c1-11-5-4-8-21-15(11)20-17(23)14(18(21)24)16(22)19-10-12-6-3-7-13(9-12)25-2/h3-9,23H,10H2,1-2H3,(H,19,22). The predicted octanol–water partition coefficient (Wildman–Crippen LogP) is 1.65. The third-order valence-corrected chi connectivity index (χ3v) is 3.84. The van der Waals surface area contributed by atoms with Crippen molar-refractivity contribution in [3.8, 4) is 11.6 Å². The third-order valence-electron chi connectivity index (χ3n) is 3.84. The number of methoxy groups -OCH3 is 1. The van der Waals surface area contributed by atoms with Gasteiger partial charge < -0.3 is 15.2 Å². The van der Waals surface area contributed by atoms with Crippen molar-refractivity contribution in [3.05, 3.63) is 69.6 Å². The number of nitrogens with one attached hydrogen (secondary N) is 1. The van der Waals surface area contributed by atoms with Gasteiger partial charge in [-0.25, -0.2) is 0 Å². The average molecular weight is 339 g/mol. The van der Waals surface area contributed by atoms with Gasteiger partial charge in [-0.05, 0) is 36.2 Å². The quantitative estimate of drug-likeness (QED) is 0.754. The molecule has 2 aromatic heterocycles. The molecule has 25 heavy (non-hydrogen) atoms. The van der Waals surface area contributed by atoms with Crippen LogP contribution in [0.5, 0.6) is 11.6 Å². The van der Waals surface area contributed by atoms with Gasteiger partial charge >= 0.3 is 0 Å². The van der Waals surface area contributed by atoms with Gasteiger partial charge in [-0.2, -0.15) is 4.98 Å². The molecule has 0 fully saturated rings. The number of aryl methyl sites for hydroxylation is 1.